The Labute approximate surface area is 143 Å². The Balaban J connectivity index is 1.76. The summed E-state index contributed by atoms with van der Waals surface area (Å²) in [5, 5.41) is 7.29. The number of carbonyl (C=O) groups is 3. The zero-order valence-corrected chi connectivity index (χ0v) is 13.2. The van der Waals surface area contributed by atoms with Gasteiger partial charge in [0.15, 0.2) is 0 Å². The molecule has 128 valence electrons. The van der Waals surface area contributed by atoms with Crippen LogP contribution in [0.4, 0.5) is 14.9 Å². The van der Waals surface area contributed by atoms with E-state index < -0.39 is 29.2 Å². The van der Waals surface area contributed by atoms with Crippen LogP contribution in [0, 0.1) is 5.82 Å². The molecule has 0 bridgehead atoms. The first kappa shape index (κ1) is 16.6. The highest BCUT2D eigenvalue weighted by Crippen LogP contribution is 2.30. The Bertz CT molecular complexity index is 825. The van der Waals surface area contributed by atoms with Crippen molar-refractivity contribution in [1.82, 2.24) is 10.6 Å². The average molecular weight is 341 g/mol. The van der Waals surface area contributed by atoms with Crippen LogP contribution in [-0.2, 0) is 15.1 Å². The third-order valence-corrected chi connectivity index (χ3v) is 4.08. The predicted molar refractivity (Wildman–Crippen MR) is 89.1 cm³/mol. The summed E-state index contributed by atoms with van der Waals surface area (Å²) in [5.41, 5.74) is -0.663. The normalized spacial score (nSPS) is 19.2. The summed E-state index contributed by atoms with van der Waals surface area (Å²) >= 11 is 0. The fraction of sp³-hybridized carbons (Fsp3) is 0.167. The molecule has 1 fully saturated rings. The van der Waals surface area contributed by atoms with E-state index in [-0.39, 0.29) is 18.5 Å². The number of hydrogen-bond donors (Lipinski definition) is 3. The average Bonchev–Trinajstić information content (AvgIpc) is 2.90. The quantitative estimate of drug-likeness (QED) is 0.729. The lowest BCUT2D eigenvalue weighted by atomic mass is 9.85. The van der Waals surface area contributed by atoms with Gasteiger partial charge in [-0.05, 0) is 24.1 Å². The summed E-state index contributed by atoms with van der Waals surface area (Å²) in [4.78, 5) is 36.1. The molecule has 2 aromatic carbocycles. The van der Waals surface area contributed by atoms with E-state index in [0.717, 1.165) is 0 Å². The van der Waals surface area contributed by atoms with Crippen molar-refractivity contribution in [2.75, 3.05) is 5.32 Å². The molecular formula is C18H16FN3O3. The number of carbonyl (C=O) groups excluding carboxylic acids is 3. The van der Waals surface area contributed by atoms with Gasteiger partial charge < -0.3 is 10.6 Å². The van der Waals surface area contributed by atoms with Crippen LogP contribution >= 0.6 is 0 Å². The minimum absolute atomic E-state index is 0.0505. The number of anilines is 1. The van der Waals surface area contributed by atoms with Crippen LogP contribution in [0.3, 0.4) is 0 Å². The number of halogens is 1. The second-order valence-electron chi connectivity index (χ2n) is 5.71. The SMILES string of the molecule is O=C(CCC1(c2ccccc2)NC(=O)NC1=O)Nc1ccccc1F. The zero-order valence-electron chi connectivity index (χ0n) is 13.2. The van der Waals surface area contributed by atoms with Crippen molar-refractivity contribution in [2.45, 2.75) is 18.4 Å². The van der Waals surface area contributed by atoms with Crippen molar-refractivity contribution >= 4 is 23.5 Å². The summed E-state index contributed by atoms with van der Waals surface area (Å²) in [7, 11) is 0. The van der Waals surface area contributed by atoms with Crippen molar-refractivity contribution in [3.8, 4) is 0 Å². The van der Waals surface area contributed by atoms with Gasteiger partial charge in [-0.3, -0.25) is 14.9 Å². The third kappa shape index (κ3) is 3.35. The zero-order chi connectivity index (χ0) is 17.9. The van der Waals surface area contributed by atoms with Gasteiger partial charge in [0, 0.05) is 6.42 Å². The number of imide groups is 1. The fourth-order valence-electron chi connectivity index (χ4n) is 2.81. The molecule has 1 unspecified atom stereocenters. The molecule has 3 N–H and O–H groups in total. The standard InChI is InChI=1S/C18H16FN3O3/c19-13-8-4-5-9-14(13)20-15(23)10-11-18(12-6-2-1-3-7-12)16(24)21-17(25)22-18/h1-9H,10-11H2,(H,20,23)(H2,21,22,24,25). The molecule has 1 atom stereocenters. The summed E-state index contributed by atoms with van der Waals surface area (Å²) in [6.07, 6.45) is -0.0220. The van der Waals surface area contributed by atoms with Gasteiger partial charge >= 0.3 is 6.03 Å². The second kappa shape index (κ2) is 6.72. The Hall–Kier alpha value is -3.22. The van der Waals surface area contributed by atoms with Crippen LogP contribution in [0.5, 0.6) is 0 Å². The maximum atomic E-state index is 13.6. The van der Waals surface area contributed by atoms with E-state index in [2.05, 4.69) is 16.0 Å². The molecule has 0 aromatic heterocycles. The summed E-state index contributed by atoms with van der Waals surface area (Å²) in [6.45, 7) is 0. The highest BCUT2D eigenvalue weighted by Gasteiger charge is 2.47. The highest BCUT2D eigenvalue weighted by molar-refractivity contribution is 6.07. The molecule has 7 heteroatoms. The molecule has 0 saturated carbocycles. The Morgan fingerprint density at radius 2 is 1.72 bits per heavy atom. The molecule has 25 heavy (non-hydrogen) atoms. The number of para-hydroxylation sites is 1. The molecule has 0 aliphatic carbocycles. The minimum atomic E-state index is -1.31. The van der Waals surface area contributed by atoms with Gasteiger partial charge in [0.2, 0.25) is 5.91 Å². The largest absolute Gasteiger partial charge is 0.324 e. The lowest BCUT2D eigenvalue weighted by Crippen LogP contribution is -2.44. The third-order valence-electron chi connectivity index (χ3n) is 4.08. The Kier molecular flexibility index (Phi) is 4.47. The maximum Gasteiger partial charge on any atom is 0.322 e. The molecule has 1 heterocycles. The molecule has 0 spiro atoms. The van der Waals surface area contributed by atoms with Gasteiger partial charge in [-0.15, -0.1) is 0 Å². The lowest BCUT2D eigenvalue weighted by molar-refractivity contribution is -0.125. The van der Waals surface area contributed by atoms with Crippen LogP contribution in [0.1, 0.15) is 18.4 Å². The van der Waals surface area contributed by atoms with Gasteiger partial charge in [0.05, 0.1) is 5.69 Å². The Morgan fingerprint density at radius 3 is 2.36 bits per heavy atom. The van der Waals surface area contributed by atoms with Crippen LogP contribution in [0.15, 0.2) is 54.6 Å². The van der Waals surface area contributed by atoms with Crippen molar-refractivity contribution in [3.63, 3.8) is 0 Å². The Morgan fingerprint density at radius 1 is 1.04 bits per heavy atom. The summed E-state index contributed by atoms with van der Waals surface area (Å²) in [6, 6.07) is 13.9. The second-order valence-corrected chi connectivity index (χ2v) is 5.71. The van der Waals surface area contributed by atoms with E-state index in [1.807, 2.05) is 0 Å². The van der Waals surface area contributed by atoms with Crippen LogP contribution in [0.2, 0.25) is 0 Å². The van der Waals surface area contributed by atoms with Crippen molar-refractivity contribution < 1.29 is 18.8 Å². The van der Waals surface area contributed by atoms with E-state index in [1.54, 1.807) is 36.4 Å². The van der Waals surface area contributed by atoms with E-state index in [1.165, 1.54) is 18.2 Å². The van der Waals surface area contributed by atoms with Gasteiger partial charge in [-0.25, -0.2) is 9.18 Å². The number of hydrogen-bond acceptors (Lipinski definition) is 3. The van der Waals surface area contributed by atoms with Crippen LogP contribution in [-0.4, -0.2) is 17.8 Å². The summed E-state index contributed by atoms with van der Waals surface area (Å²) in [5.74, 6) is -1.50. The van der Waals surface area contributed by atoms with Gasteiger partial charge in [-0.2, -0.15) is 0 Å². The number of nitrogens with one attached hydrogen (secondary N) is 3. The lowest BCUT2D eigenvalue weighted by Gasteiger charge is -2.26. The molecule has 1 aliphatic heterocycles. The molecule has 1 aliphatic rings. The highest BCUT2D eigenvalue weighted by atomic mass is 19.1. The smallest absolute Gasteiger partial charge is 0.322 e. The molecule has 2 aromatic rings. The first-order chi connectivity index (χ1) is 12.0. The molecule has 3 rings (SSSR count). The molecular weight excluding hydrogens is 325 g/mol. The van der Waals surface area contributed by atoms with E-state index >= 15 is 0 Å². The van der Waals surface area contributed by atoms with E-state index in [9.17, 15) is 18.8 Å². The fourth-order valence-corrected chi connectivity index (χ4v) is 2.81. The van der Waals surface area contributed by atoms with Crippen molar-refractivity contribution in [1.29, 1.82) is 0 Å². The monoisotopic (exact) mass is 341 g/mol. The molecule has 1 saturated heterocycles. The molecule has 4 amide bonds. The first-order valence-corrected chi connectivity index (χ1v) is 7.75. The molecule has 0 radical (unpaired) electrons. The number of amides is 4. The van der Waals surface area contributed by atoms with E-state index in [4.69, 9.17) is 0 Å². The van der Waals surface area contributed by atoms with Crippen LogP contribution in [0.25, 0.3) is 0 Å². The van der Waals surface area contributed by atoms with Gasteiger partial charge in [0.25, 0.3) is 5.91 Å². The summed E-state index contributed by atoms with van der Waals surface area (Å²) < 4.78 is 13.6. The first-order valence-electron chi connectivity index (χ1n) is 7.75. The number of urea groups is 1. The van der Waals surface area contributed by atoms with E-state index in [0.29, 0.717) is 5.56 Å². The van der Waals surface area contributed by atoms with Crippen molar-refractivity contribution in [2.24, 2.45) is 0 Å². The molecule has 6 nitrogen and oxygen atoms in total. The number of rotatable bonds is 5. The van der Waals surface area contributed by atoms with Gasteiger partial charge in [0.1, 0.15) is 11.4 Å². The predicted octanol–water partition coefficient (Wildman–Crippen LogP) is 2.28. The minimum Gasteiger partial charge on any atom is -0.324 e. The number of benzene rings is 2. The topological polar surface area (TPSA) is 87.3 Å². The maximum absolute atomic E-state index is 13.6. The van der Waals surface area contributed by atoms with Crippen LogP contribution < -0.4 is 16.0 Å². The van der Waals surface area contributed by atoms with Gasteiger partial charge in [-0.1, -0.05) is 42.5 Å². The van der Waals surface area contributed by atoms with Crippen molar-refractivity contribution in [3.05, 3.63) is 66.0 Å².